The van der Waals surface area contributed by atoms with E-state index in [-0.39, 0.29) is 18.1 Å². The van der Waals surface area contributed by atoms with E-state index in [2.05, 4.69) is 27.5 Å². The molecule has 33 heavy (non-hydrogen) atoms. The molecule has 0 saturated heterocycles. The van der Waals surface area contributed by atoms with Gasteiger partial charge in [-0.2, -0.15) is 0 Å². The van der Waals surface area contributed by atoms with E-state index in [0.717, 1.165) is 17.7 Å². The minimum Gasteiger partial charge on any atom is -0.494 e. The van der Waals surface area contributed by atoms with E-state index in [1.54, 1.807) is 0 Å². The predicted octanol–water partition coefficient (Wildman–Crippen LogP) is 4.09. The molecule has 0 aliphatic heterocycles. The van der Waals surface area contributed by atoms with Crippen LogP contribution >= 0.6 is 0 Å². The van der Waals surface area contributed by atoms with E-state index >= 15 is 0 Å². The number of benzene rings is 2. The fourth-order valence-electron chi connectivity index (χ4n) is 3.31. The molecule has 4 rings (SSSR count). The summed E-state index contributed by atoms with van der Waals surface area (Å²) >= 11 is 0. The summed E-state index contributed by atoms with van der Waals surface area (Å²) in [5, 5.41) is 10.8. The number of anilines is 2. The normalized spacial score (nSPS) is 10.9. The lowest BCUT2D eigenvalue weighted by molar-refractivity contribution is 0.102. The molecule has 0 fully saturated rings. The predicted molar refractivity (Wildman–Crippen MR) is 125 cm³/mol. The van der Waals surface area contributed by atoms with E-state index in [0.29, 0.717) is 29.6 Å². The highest BCUT2D eigenvalue weighted by Crippen LogP contribution is 2.25. The Morgan fingerprint density at radius 3 is 2.52 bits per heavy atom. The number of carbonyl (C=O) groups excluding carboxylic acids is 1. The first-order valence-corrected chi connectivity index (χ1v) is 10.8. The standard InChI is InChI=1S/C24H26N6O3/c1-4-16-6-10-18(11-7-16)26-23(31)21-22(25)30(29-28-21)14-20-15(3)33-24(27-20)17-8-12-19(13-9-17)32-5-2/h6-13H,4-5,14,25H2,1-3H3,(H,26,31). The quantitative estimate of drug-likeness (QED) is 0.418. The number of oxazole rings is 1. The SMILES string of the molecule is CCOc1ccc(-c2nc(Cn3nnc(C(=O)Nc4ccc(CC)cc4)c3N)c(C)o2)cc1. The van der Waals surface area contributed by atoms with Crippen molar-refractivity contribution in [2.75, 3.05) is 17.7 Å². The summed E-state index contributed by atoms with van der Waals surface area (Å²) in [6.07, 6.45) is 0.928. The average Bonchev–Trinajstić information content (AvgIpc) is 3.37. The number of nitrogen functional groups attached to an aromatic ring is 1. The lowest BCUT2D eigenvalue weighted by atomic mass is 10.1. The Kier molecular flexibility index (Phi) is 6.39. The van der Waals surface area contributed by atoms with Crippen LogP contribution in [0.4, 0.5) is 11.5 Å². The van der Waals surface area contributed by atoms with E-state index in [4.69, 9.17) is 14.9 Å². The van der Waals surface area contributed by atoms with Crippen molar-refractivity contribution in [1.29, 1.82) is 0 Å². The molecule has 3 N–H and O–H groups in total. The zero-order valence-corrected chi connectivity index (χ0v) is 18.8. The van der Waals surface area contributed by atoms with Crippen LogP contribution in [-0.4, -0.2) is 32.5 Å². The molecule has 0 unspecified atom stereocenters. The number of nitrogens with zero attached hydrogens (tertiary/aromatic N) is 4. The van der Waals surface area contributed by atoms with Gasteiger partial charge in [0.1, 0.15) is 17.2 Å². The molecule has 0 radical (unpaired) electrons. The number of rotatable bonds is 8. The maximum absolute atomic E-state index is 12.6. The summed E-state index contributed by atoms with van der Waals surface area (Å²) in [5.74, 6) is 1.64. The van der Waals surface area contributed by atoms with Crippen molar-refractivity contribution < 1.29 is 13.9 Å². The van der Waals surface area contributed by atoms with Crippen LogP contribution in [-0.2, 0) is 13.0 Å². The van der Waals surface area contributed by atoms with E-state index in [9.17, 15) is 4.79 Å². The third-order valence-electron chi connectivity index (χ3n) is 5.21. The van der Waals surface area contributed by atoms with Crippen molar-refractivity contribution in [2.24, 2.45) is 0 Å². The summed E-state index contributed by atoms with van der Waals surface area (Å²) in [4.78, 5) is 17.2. The molecular formula is C24H26N6O3. The molecular weight excluding hydrogens is 420 g/mol. The third kappa shape index (κ3) is 4.87. The second-order valence-electron chi connectivity index (χ2n) is 7.46. The molecule has 9 nitrogen and oxygen atoms in total. The van der Waals surface area contributed by atoms with Gasteiger partial charge in [0, 0.05) is 11.3 Å². The molecule has 0 aliphatic rings. The molecule has 170 valence electrons. The minimum atomic E-state index is -0.421. The van der Waals surface area contributed by atoms with Gasteiger partial charge in [-0.05, 0) is 62.2 Å². The van der Waals surface area contributed by atoms with Crippen molar-refractivity contribution >= 4 is 17.4 Å². The first-order valence-electron chi connectivity index (χ1n) is 10.8. The van der Waals surface area contributed by atoms with Crippen LogP contribution in [0.3, 0.4) is 0 Å². The van der Waals surface area contributed by atoms with E-state index in [1.165, 1.54) is 10.2 Å². The van der Waals surface area contributed by atoms with Gasteiger partial charge < -0.3 is 20.2 Å². The Morgan fingerprint density at radius 2 is 1.85 bits per heavy atom. The van der Waals surface area contributed by atoms with E-state index in [1.807, 2.05) is 62.4 Å². The highest BCUT2D eigenvalue weighted by atomic mass is 16.5. The number of aryl methyl sites for hydroxylation is 2. The largest absolute Gasteiger partial charge is 0.494 e. The minimum absolute atomic E-state index is 0.0578. The maximum Gasteiger partial charge on any atom is 0.280 e. The average molecular weight is 447 g/mol. The first-order chi connectivity index (χ1) is 16.0. The van der Waals surface area contributed by atoms with Crippen LogP contribution in [0.2, 0.25) is 0 Å². The summed E-state index contributed by atoms with van der Waals surface area (Å²) in [6, 6.07) is 15.1. The Morgan fingerprint density at radius 1 is 1.12 bits per heavy atom. The summed E-state index contributed by atoms with van der Waals surface area (Å²) in [5.41, 5.74) is 9.56. The Bertz CT molecular complexity index is 1240. The first kappa shape index (κ1) is 22.1. The van der Waals surface area contributed by atoms with Crippen molar-refractivity contribution in [3.8, 4) is 17.2 Å². The molecule has 4 aromatic rings. The number of hydrogen-bond donors (Lipinski definition) is 2. The van der Waals surface area contributed by atoms with Gasteiger partial charge in [-0.3, -0.25) is 4.79 Å². The third-order valence-corrected chi connectivity index (χ3v) is 5.21. The maximum atomic E-state index is 12.6. The van der Waals surface area contributed by atoms with Gasteiger partial charge >= 0.3 is 0 Å². The van der Waals surface area contributed by atoms with Crippen LogP contribution in [0.1, 0.15) is 41.4 Å². The molecule has 0 aliphatic carbocycles. The van der Waals surface area contributed by atoms with Crippen LogP contribution in [0.15, 0.2) is 52.9 Å². The fraction of sp³-hybridized carbons (Fsp3) is 0.250. The topological polar surface area (TPSA) is 121 Å². The van der Waals surface area contributed by atoms with Gasteiger partial charge in [-0.15, -0.1) is 5.10 Å². The molecule has 0 spiro atoms. The highest BCUT2D eigenvalue weighted by molar-refractivity contribution is 6.05. The molecule has 1 amide bonds. The van der Waals surface area contributed by atoms with Crippen molar-refractivity contribution in [3.63, 3.8) is 0 Å². The number of hydrogen-bond acceptors (Lipinski definition) is 7. The summed E-state index contributed by atoms with van der Waals surface area (Å²) in [6.45, 7) is 6.66. The molecule has 0 saturated carbocycles. The van der Waals surface area contributed by atoms with Gasteiger partial charge in [0.25, 0.3) is 5.91 Å². The van der Waals surface area contributed by atoms with E-state index < -0.39 is 5.91 Å². The van der Waals surface area contributed by atoms with Gasteiger partial charge in [-0.1, -0.05) is 24.3 Å². The zero-order chi connectivity index (χ0) is 23.4. The monoisotopic (exact) mass is 446 g/mol. The van der Waals surface area contributed by atoms with Crippen molar-refractivity contribution in [3.05, 3.63) is 71.2 Å². The Balaban J connectivity index is 1.48. The number of ether oxygens (including phenoxy) is 1. The number of aromatic nitrogens is 4. The van der Waals surface area contributed by atoms with Crippen LogP contribution in [0.5, 0.6) is 5.75 Å². The smallest absolute Gasteiger partial charge is 0.280 e. The van der Waals surface area contributed by atoms with Gasteiger partial charge in [-0.25, -0.2) is 9.67 Å². The highest BCUT2D eigenvalue weighted by Gasteiger charge is 2.20. The molecule has 2 aromatic carbocycles. The number of amides is 1. The van der Waals surface area contributed by atoms with Gasteiger partial charge in [0.2, 0.25) is 5.89 Å². The number of nitrogens with one attached hydrogen (secondary N) is 1. The number of carbonyl (C=O) groups is 1. The summed E-state index contributed by atoms with van der Waals surface area (Å²) < 4.78 is 12.7. The van der Waals surface area contributed by atoms with Crippen molar-refractivity contribution in [1.82, 2.24) is 20.0 Å². The van der Waals surface area contributed by atoms with Crippen LogP contribution in [0.25, 0.3) is 11.5 Å². The van der Waals surface area contributed by atoms with Crippen LogP contribution < -0.4 is 15.8 Å². The van der Waals surface area contributed by atoms with Crippen LogP contribution in [0, 0.1) is 6.92 Å². The molecule has 9 heteroatoms. The molecule has 2 aromatic heterocycles. The van der Waals surface area contributed by atoms with Gasteiger partial charge in [0.05, 0.1) is 13.2 Å². The fourth-order valence-corrected chi connectivity index (χ4v) is 3.31. The zero-order valence-electron chi connectivity index (χ0n) is 18.8. The summed E-state index contributed by atoms with van der Waals surface area (Å²) in [7, 11) is 0. The Labute approximate surface area is 191 Å². The second kappa shape index (κ2) is 9.56. The second-order valence-corrected chi connectivity index (χ2v) is 7.46. The van der Waals surface area contributed by atoms with Crippen molar-refractivity contribution in [2.45, 2.75) is 33.7 Å². The molecule has 0 atom stereocenters. The lowest BCUT2D eigenvalue weighted by Crippen LogP contribution is -2.15. The Hall–Kier alpha value is -4.14. The molecule has 2 heterocycles. The lowest BCUT2D eigenvalue weighted by Gasteiger charge is -2.05. The number of nitrogens with two attached hydrogens (primary N) is 1. The van der Waals surface area contributed by atoms with Gasteiger partial charge in [0.15, 0.2) is 11.5 Å². The molecule has 0 bridgehead atoms.